The van der Waals surface area contributed by atoms with Gasteiger partial charge in [0.25, 0.3) is 0 Å². The van der Waals surface area contributed by atoms with Gasteiger partial charge in [-0.15, -0.1) is 0 Å². The highest BCUT2D eigenvalue weighted by atomic mass is 19.1. The molecule has 84 valence electrons. The second-order valence-electron chi connectivity index (χ2n) is 3.27. The monoisotopic (exact) mass is 215 g/mol. The molecule has 0 aliphatic rings. The predicted molar refractivity (Wildman–Crippen MR) is 53.5 cm³/mol. The number of benzene rings is 1. The van der Waals surface area contributed by atoms with Gasteiger partial charge in [0.2, 0.25) is 0 Å². The molecule has 4 nitrogen and oxygen atoms in total. The number of nitrogens with two attached hydrogens (primary N) is 1. The Morgan fingerprint density at radius 1 is 1.33 bits per heavy atom. The molecule has 5 heteroatoms. The summed E-state index contributed by atoms with van der Waals surface area (Å²) >= 11 is 0. The summed E-state index contributed by atoms with van der Waals surface area (Å²) in [4.78, 5) is 0. The number of hydrogen-bond donors (Lipinski definition) is 4. The van der Waals surface area contributed by atoms with Crippen LogP contribution in [0.25, 0.3) is 0 Å². The number of aliphatic hydroxyl groups is 3. The smallest absolute Gasteiger partial charge is 0.151 e. The number of nitrogen functional groups attached to an aromatic ring is 1. The molecular formula is C10H14FNO3. The third-order valence-electron chi connectivity index (χ3n) is 2.17. The van der Waals surface area contributed by atoms with Crippen molar-refractivity contribution in [2.75, 3.05) is 12.3 Å². The lowest BCUT2D eigenvalue weighted by atomic mass is 10.0. The first-order chi connectivity index (χ1) is 7.07. The standard InChI is InChI=1S/C10H14FNO3/c11-9-6(2-1-3-7(9)12)10(15)8(14)4-5-13/h1-3,8,10,13-15H,4-5,12H2. The zero-order chi connectivity index (χ0) is 11.4. The van der Waals surface area contributed by atoms with Gasteiger partial charge in [0.15, 0.2) is 5.82 Å². The molecule has 2 unspecified atom stereocenters. The highest BCUT2D eigenvalue weighted by molar-refractivity contribution is 5.43. The summed E-state index contributed by atoms with van der Waals surface area (Å²) < 4.78 is 13.4. The van der Waals surface area contributed by atoms with Gasteiger partial charge in [-0.05, 0) is 12.5 Å². The zero-order valence-corrected chi connectivity index (χ0v) is 8.10. The summed E-state index contributed by atoms with van der Waals surface area (Å²) in [5.74, 6) is -0.734. The highest BCUT2D eigenvalue weighted by Crippen LogP contribution is 2.24. The van der Waals surface area contributed by atoms with Gasteiger partial charge < -0.3 is 21.1 Å². The van der Waals surface area contributed by atoms with Crippen LogP contribution in [0.2, 0.25) is 0 Å². The van der Waals surface area contributed by atoms with Gasteiger partial charge in [-0.1, -0.05) is 12.1 Å². The summed E-state index contributed by atoms with van der Waals surface area (Å²) in [5.41, 5.74) is 5.18. The summed E-state index contributed by atoms with van der Waals surface area (Å²) in [7, 11) is 0. The molecule has 2 atom stereocenters. The van der Waals surface area contributed by atoms with Crippen LogP contribution >= 0.6 is 0 Å². The van der Waals surface area contributed by atoms with Gasteiger partial charge in [-0.3, -0.25) is 0 Å². The number of aliphatic hydroxyl groups excluding tert-OH is 3. The van der Waals surface area contributed by atoms with Crippen molar-refractivity contribution in [3.63, 3.8) is 0 Å². The summed E-state index contributed by atoms with van der Waals surface area (Å²) in [6.07, 6.45) is -2.60. The fourth-order valence-corrected chi connectivity index (χ4v) is 1.29. The maximum Gasteiger partial charge on any atom is 0.151 e. The number of halogens is 1. The molecule has 0 saturated heterocycles. The Morgan fingerprint density at radius 3 is 2.60 bits per heavy atom. The van der Waals surface area contributed by atoms with Gasteiger partial charge in [-0.25, -0.2) is 4.39 Å². The van der Waals surface area contributed by atoms with Gasteiger partial charge >= 0.3 is 0 Å². The topological polar surface area (TPSA) is 86.7 Å². The van der Waals surface area contributed by atoms with Crippen molar-refractivity contribution in [2.45, 2.75) is 18.6 Å². The molecule has 0 aliphatic heterocycles. The first-order valence-electron chi connectivity index (χ1n) is 4.58. The minimum absolute atomic E-state index is 0.0184. The van der Waals surface area contributed by atoms with E-state index in [9.17, 15) is 14.6 Å². The molecule has 0 radical (unpaired) electrons. The lowest BCUT2D eigenvalue weighted by Gasteiger charge is -2.18. The third-order valence-corrected chi connectivity index (χ3v) is 2.17. The summed E-state index contributed by atoms with van der Waals surface area (Å²) in [6, 6.07) is 4.20. The maximum absolute atomic E-state index is 13.4. The van der Waals surface area contributed by atoms with Crippen molar-refractivity contribution in [3.8, 4) is 0 Å². The van der Waals surface area contributed by atoms with Crippen LogP contribution in [0.15, 0.2) is 18.2 Å². The van der Waals surface area contributed by atoms with Crippen LogP contribution in [0.5, 0.6) is 0 Å². The Morgan fingerprint density at radius 2 is 2.00 bits per heavy atom. The molecule has 0 saturated carbocycles. The summed E-state index contributed by atoms with van der Waals surface area (Å²) in [5, 5.41) is 27.5. The van der Waals surface area contributed by atoms with E-state index in [0.29, 0.717) is 0 Å². The molecule has 0 fully saturated rings. The molecular weight excluding hydrogens is 201 g/mol. The first-order valence-corrected chi connectivity index (χ1v) is 4.58. The molecule has 0 spiro atoms. The number of rotatable bonds is 4. The van der Waals surface area contributed by atoms with Gasteiger partial charge in [-0.2, -0.15) is 0 Å². The number of hydrogen-bond acceptors (Lipinski definition) is 4. The van der Waals surface area contributed by atoms with Crippen molar-refractivity contribution in [3.05, 3.63) is 29.6 Å². The van der Waals surface area contributed by atoms with Gasteiger partial charge in [0, 0.05) is 12.2 Å². The molecule has 5 N–H and O–H groups in total. The van der Waals surface area contributed by atoms with Crippen LogP contribution in [0.4, 0.5) is 10.1 Å². The van der Waals surface area contributed by atoms with E-state index in [1.54, 1.807) is 0 Å². The molecule has 1 aromatic carbocycles. The maximum atomic E-state index is 13.4. The van der Waals surface area contributed by atoms with E-state index in [1.807, 2.05) is 0 Å². The van der Waals surface area contributed by atoms with Crippen molar-refractivity contribution in [1.82, 2.24) is 0 Å². The van der Waals surface area contributed by atoms with Crippen LogP contribution in [0.3, 0.4) is 0 Å². The highest BCUT2D eigenvalue weighted by Gasteiger charge is 2.21. The van der Waals surface area contributed by atoms with Crippen LogP contribution in [0, 0.1) is 5.82 Å². The quantitative estimate of drug-likeness (QED) is 0.540. The SMILES string of the molecule is Nc1cccc(C(O)C(O)CCO)c1F. The van der Waals surface area contributed by atoms with E-state index >= 15 is 0 Å². The van der Waals surface area contributed by atoms with Crippen molar-refractivity contribution < 1.29 is 19.7 Å². The lowest BCUT2D eigenvalue weighted by molar-refractivity contribution is 0.00243. The molecule has 1 rings (SSSR count). The Balaban J connectivity index is 2.90. The molecule has 0 bridgehead atoms. The van der Waals surface area contributed by atoms with Crippen LogP contribution in [-0.4, -0.2) is 28.0 Å². The van der Waals surface area contributed by atoms with E-state index in [-0.39, 0.29) is 24.3 Å². The van der Waals surface area contributed by atoms with E-state index in [2.05, 4.69) is 0 Å². The van der Waals surface area contributed by atoms with E-state index in [4.69, 9.17) is 10.8 Å². The summed E-state index contributed by atoms with van der Waals surface area (Å²) in [6.45, 7) is -0.276. The third kappa shape index (κ3) is 2.65. The Bertz CT molecular complexity index is 332. The van der Waals surface area contributed by atoms with Crippen molar-refractivity contribution in [2.24, 2.45) is 0 Å². The van der Waals surface area contributed by atoms with Crippen molar-refractivity contribution >= 4 is 5.69 Å². The Kier molecular flexibility index (Phi) is 4.02. The van der Waals surface area contributed by atoms with Gasteiger partial charge in [0.1, 0.15) is 6.10 Å². The second-order valence-corrected chi connectivity index (χ2v) is 3.27. The first kappa shape index (κ1) is 11.9. The normalized spacial score (nSPS) is 14.9. The fourth-order valence-electron chi connectivity index (χ4n) is 1.29. The van der Waals surface area contributed by atoms with Crippen molar-refractivity contribution in [1.29, 1.82) is 0 Å². The van der Waals surface area contributed by atoms with Crippen LogP contribution in [-0.2, 0) is 0 Å². The van der Waals surface area contributed by atoms with E-state index in [0.717, 1.165) is 0 Å². The lowest BCUT2D eigenvalue weighted by Crippen LogP contribution is -2.20. The van der Waals surface area contributed by atoms with Crippen LogP contribution < -0.4 is 5.73 Å². The average molecular weight is 215 g/mol. The molecule has 1 aromatic rings. The molecule has 0 aliphatic carbocycles. The molecule has 15 heavy (non-hydrogen) atoms. The minimum Gasteiger partial charge on any atom is -0.396 e. The minimum atomic E-state index is -1.37. The molecule has 0 heterocycles. The predicted octanol–water partition coefficient (Wildman–Crippen LogP) is 0.185. The van der Waals surface area contributed by atoms with E-state index in [1.165, 1.54) is 18.2 Å². The zero-order valence-electron chi connectivity index (χ0n) is 8.10. The fraction of sp³-hybridized carbons (Fsp3) is 0.400. The molecule has 0 aromatic heterocycles. The largest absolute Gasteiger partial charge is 0.396 e. The Labute approximate surface area is 86.8 Å². The number of anilines is 1. The molecule has 0 amide bonds. The average Bonchev–Trinajstić information content (AvgIpc) is 2.21. The van der Waals surface area contributed by atoms with Crippen LogP contribution in [0.1, 0.15) is 18.1 Å². The van der Waals surface area contributed by atoms with E-state index < -0.39 is 18.0 Å². The van der Waals surface area contributed by atoms with Gasteiger partial charge in [0.05, 0.1) is 11.8 Å². The second kappa shape index (κ2) is 5.06. The Hall–Kier alpha value is -1.17.